The van der Waals surface area contributed by atoms with Crippen molar-refractivity contribution in [3.05, 3.63) is 58.6 Å². The van der Waals surface area contributed by atoms with E-state index in [0.29, 0.717) is 10.6 Å². The Morgan fingerprint density at radius 3 is 2.70 bits per heavy atom. The third-order valence-corrected chi connectivity index (χ3v) is 3.07. The van der Waals surface area contributed by atoms with Crippen molar-refractivity contribution in [2.24, 2.45) is 0 Å². The molecule has 0 radical (unpaired) electrons. The molecule has 0 aliphatic rings. The first-order valence-electron chi connectivity index (χ1n) is 6.49. The lowest BCUT2D eigenvalue weighted by molar-refractivity contribution is -0.0938. The van der Waals surface area contributed by atoms with Crippen LogP contribution in [0.15, 0.2) is 36.8 Å². The number of Topliss-reactive ketones (excluding diaryl/α,β-unsaturated/α-hetero) is 1. The van der Waals surface area contributed by atoms with Gasteiger partial charge in [0, 0.05) is 29.7 Å². The van der Waals surface area contributed by atoms with Crippen LogP contribution in [-0.4, -0.2) is 40.5 Å². The molecule has 0 saturated heterocycles. The third-order valence-electron chi connectivity index (χ3n) is 2.86. The van der Waals surface area contributed by atoms with Gasteiger partial charge in [0.25, 0.3) is 0 Å². The zero-order chi connectivity index (χ0) is 16.8. The quantitative estimate of drug-likeness (QED) is 0.488. The molecule has 7 nitrogen and oxygen atoms in total. The zero-order valence-electron chi connectivity index (χ0n) is 12.1. The number of aliphatic hydroxyl groups excluding tert-OH is 1. The molecule has 0 aliphatic carbocycles. The minimum absolute atomic E-state index is 0.0926. The Morgan fingerprint density at radius 1 is 1.30 bits per heavy atom. The number of aromatic nitrogens is 2. The van der Waals surface area contributed by atoms with E-state index in [-0.39, 0.29) is 17.9 Å². The van der Waals surface area contributed by atoms with Gasteiger partial charge in [0.15, 0.2) is 12.1 Å². The molecular weight excluding hydrogens is 324 g/mol. The summed E-state index contributed by atoms with van der Waals surface area (Å²) in [6.07, 6.45) is 2.71. The van der Waals surface area contributed by atoms with Gasteiger partial charge in [0.05, 0.1) is 12.1 Å². The number of ether oxygens (including phenoxy) is 2. The van der Waals surface area contributed by atoms with E-state index in [2.05, 4.69) is 14.7 Å². The highest BCUT2D eigenvalue weighted by atomic mass is 35.5. The number of methoxy groups -OCH3 is 1. The average Bonchev–Trinajstić information content (AvgIpc) is 2.58. The van der Waals surface area contributed by atoms with Crippen LogP contribution >= 0.6 is 11.6 Å². The molecule has 0 aliphatic heterocycles. The molecule has 1 unspecified atom stereocenters. The fourth-order valence-corrected chi connectivity index (χ4v) is 1.86. The number of halogens is 1. The van der Waals surface area contributed by atoms with Crippen molar-refractivity contribution in [1.29, 1.82) is 0 Å². The molecule has 0 bridgehead atoms. The van der Waals surface area contributed by atoms with Crippen molar-refractivity contribution < 1.29 is 24.2 Å². The highest BCUT2D eigenvalue weighted by molar-refractivity contribution is 6.30. The van der Waals surface area contributed by atoms with E-state index < -0.39 is 18.0 Å². The molecule has 0 fully saturated rings. The van der Waals surface area contributed by atoms with E-state index in [1.807, 2.05) is 0 Å². The maximum Gasteiger partial charge on any atom is 0.356 e. The molecule has 2 aromatic rings. The van der Waals surface area contributed by atoms with Crippen molar-refractivity contribution in [3.8, 4) is 0 Å². The first-order chi connectivity index (χ1) is 11.0. The summed E-state index contributed by atoms with van der Waals surface area (Å²) in [6, 6.07) is 4.28. The molecule has 23 heavy (non-hydrogen) atoms. The first-order valence-corrected chi connectivity index (χ1v) is 6.86. The van der Waals surface area contributed by atoms with Crippen molar-refractivity contribution in [2.45, 2.75) is 6.29 Å². The molecule has 2 heterocycles. The number of aliphatic hydroxyl groups is 1. The Kier molecular flexibility index (Phi) is 5.75. The summed E-state index contributed by atoms with van der Waals surface area (Å²) in [5.41, 5.74) is 0.675. The van der Waals surface area contributed by atoms with Gasteiger partial charge >= 0.3 is 5.97 Å². The van der Waals surface area contributed by atoms with Crippen LogP contribution in [0.3, 0.4) is 0 Å². The van der Waals surface area contributed by atoms with E-state index in [1.165, 1.54) is 43.9 Å². The number of hydrogen-bond acceptors (Lipinski definition) is 7. The van der Waals surface area contributed by atoms with E-state index in [4.69, 9.17) is 16.3 Å². The number of nitrogens with zero attached hydrogens (tertiary/aromatic N) is 2. The molecule has 0 aromatic carbocycles. The fraction of sp³-hybridized carbons (Fsp3) is 0.200. The second kappa shape index (κ2) is 7.77. The summed E-state index contributed by atoms with van der Waals surface area (Å²) in [5.74, 6) is -0.993. The normalized spacial score (nSPS) is 11.8. The monoisotopic (exact) mass is 336 g/mol. The maximum atomic E-state index is 12.0. The highest BCUT2D eigenvalue weighted by Crippen LogP contribution is 2.17. The van der Waals surface area contributed by atoms with Crippen LogP contribution in [0.25, 0.3) is 0 Å². The first kappa shape index (κ1) is 17.0. The number of hydrogen-bond donors (Lipinski definition) is 1. The third kappa shape index (κ3) is 4.56. The van der Waals surface area contributed by atoms with E-state index in [9.17, 15) is 14.7 Å². The lowest BCUT2D eigenvalue weighted by Crippen LogP contribution is -2.14. The smallest absolute Gasteiger partial charge is 0.356 e. The van der Waals surface area contributed by atoms with Gasteiger partial charge in [-0.05, 0) is 18.2 Å². The zero-order valence-corrected chi connectivity index (χ0v) is 12.9. The van der Waals surface area contributed by atoms with Crippen molar-refractivity contribution in [3.63, 3.8) is 0 Å². The Bertz CT molecular complexity index is 705. The number of ketones is 1. The molecule has 1 N–H and O–H groups in total. The SMILES string of the molecule is COC(=O)c1ccc(C(=O)COC(O)c2cncc(Cl)c2)cn1. The van der Waals surface area contributed by atoms with Gasteiger partial charge in [-0.25, -0.2) is 9.78 Å². The molecule has 2 aromatic heterocycles. The Morgan fingerprint density at radius 2 is 2.09 bits per heavy atom. The van der Waals surface area contributed by atoms with Crippen molar-refractivity contribution in [1.82, 2.24) is 9.97 Å². The van der Waals surface area contributed by atoms with Crippen molar-refractivity contribution >= 4 is 23.4 Å². The van der Waals surface area contributed by atoms with Crippen LogP contribution in [0.4, 0.5) is 0 Å². The molecule has 0 saturated carbocycles. The number of carbonyl (C=O) groups excluding carboxylic acids is 2. The molecule has 8 heteroatoms. The molecule has 0 spiro atoms. The predicted octanol–water partition coefficient (Wildman–Crippen LogP) is 1.81. The van der Waals surface area contributed by atoms with Gasteiger partial charge in [-0.15, -0.1) is 0 Å². The lowest BCUT2D eigenvalue weighted by Gasteiger charge is -2.11. The highest BCUT2D eigenvalue weighted by Gasteiger charge is 2.14. The van der Waals surface area contributed by atoms with Crippen LogP contribution in [0.1, 0.15) is 32.7 Å². The second-order valence-corrected chi connectivity index (χ2v) is 4.88. The fourth-order valence-electron chi connectivity index (χ4n) is 1.68. The Balaban J connectivity index is 1.95. The molecule has 120 valence electrons. The van der Waals surface area contributed by atoms with Gasteiger partial charge in [0.1, 0.15) is 12.3 Å². The van der Waals surface area contributed by atoms with E-state index >= 15 is 0 Å². The van der Waals surface area contributed by atoms with Gasteiger partial charge in [0.2, 0.25) is 0 Å². The van der Waals surface area contributed by atoms with Gasteiger partial charge in [-0.1, -0.05) is 11.6 Å². The van der Waals surface area contributed by atoms with Crippen LogP contribution in [0, 0.1) is 0 Å². The van der Waals surface area contributed by atoms with Crippen LogP contribution in [-0.2, 0) is 9.47 Å². The average molecular weight is 337 g/mol. The van der Waals surface area contributed by atoms with Crippen LogP contribution in [0.2, 0.25) is 5.02 Å². The summed E-state index contributed by atoms with van der Waals surface area (Å²) < 4.78 is 9.60. The minimum Gasteiger partial charge on any atom is -0.464 e. The van der Waals surface area contributed by atoms with Crippen LogP contribution in [0.5, 0.6) is 0 Å². The largest absolute Gasteiger partial charge is 0.464 e. The van der Waals surface area contributed by atoms with Gasteiger partial charge in [-0.3, -0.25) is 9.78 Å². The van der Waals surface area contributed by atoms with Gasteiger partial charge < -0.3 is 14.6 Å². The minimum atomic E-state index is -1.33. The summed E-state index contributed by atoms with van der Waals surface area (Å²) >= 11 is 5.76. The second-order valence-electron chi connectivity index (χ2n) is 4.45. The molecule has 1 atom stereocenters. The molecular formula is C15H13ClN2O5. The summed E-state index contributed by atoms with van der Waals surface area (Å²) in [4.78, 5) is 30.9. The maximum absolute atomic E-state index is 12.0. The predicted molar refractivity (Wildman–Crippen MR) is 80.1 cm³/mol. The summed E-state index contributed by atoms with van der Waals surface area (Å²) in [7, 11) is 1.24. The lowest BCUT2D eigenvalue weighted by atomic mass is 10.2. The standard InChI is InChI=1S/C15H13ClN2O5/c1-22-15(21)12-3-2-9(6-18-12)13(19)8-23-14(20)10-4-11(16)7-17-5-10/h2-7,14,20H,8H2,1H3. The Hall–Kier alpha value is -2.35. The number of rotatable bonds is 6. The summed E-state index contributed by atoms with van der Waals surface area (Å²) in [6.45, 7) is -0.368. The molecule has 0 amide bonds. The topological polar surface area (TPSA) is 98.6 Å². The number of esters is 1. The van der Waals surface area contributed by atoms with Crippen LogP contribution < -0.4 is 0 Å². The van der Waals surface area contributed by atoms with E-state index in [1.54, 1.807) is 0 Å². The summed E-state index contributed by atoms with van der Waals surface area (Å²) in [5, 5.41) is 10.2. The van der Waals surface area contributed by atoms with Crippen molar-refractivity contribution in [2.75, 3.05) is 13.7 Å². The number of carbonyl (C=O) groups is 2. The van der Waals surface area contributed by atoms with E-state index in [0.717, 1.165) is 0 Å². The van der Waals surface area contributed by atoms with Gasteiger partial charge in [-0.2, -0.15) is 0 Å². The Labute approximate surface area is 136 Å². The number of pyridine rings is 2. The molecule has 2 rings (SSSR count).